The van der Waals surface area contributed by atoms with Gasteiger partial charge in [-0.05, 0) is 25.6 Å². The Morgan fingerprint density at radius 3 is 2.70 bits per heavy atom. The second-order valence-electron chi connectivity index (χ2n) is 4.42. The molecule has 0 radical (unpaired) electrons. The monoisotopic (exact) mass is 316 g/mol. The standard InChI is InChI=1S/C13H17ClN4O.ClH/c1-9(10-5-3-4-6-11(10)14)18(2)8-12-16-13(7-15)19-17-12;/h3-6,9H,7-8,15H2,1-2H3;1H. The van der Waals surface area contributed by atoms with Crippen molar-refractivity contribution >= 4 is 24.0 Å². The molecule has 110 valence electrons. The SMILES string of the molecule is CC(c1ccccc1Cl)N(C)Cc1noc(CN)n1.Cl. The molecule has 1 unspecified atom stereocenters. The molecule has 1 atom stereocenters. The van der Waals surface area contributed by atoms with Gasteiger partial charge in [0, 0.05) is 11.1 Å². The fourth-order valence-corrected chi connectivity index (χ4v) is 2.14. The molecule has 2 rings (SSSR count). The number of hydrogen-bond acceptors (Lipinski definition) is 5. The van der Waals surface area contributed by atoms with Crippen LogP contribution in [0.2, 0.25) is 5.02 Å². The summed E-state index contributed by atoms with van der Waals surface area (Å²) in [5.41, 5.74) is 6.52. The third kappa shape index (κ3) is 3.93. The Kier molecular flexibility index (Phi) is 6.42. The summed E-state index contributed by atoms with van der Waals surface area (Å²) in [5, 5.41) is 4.65. The van der Waals surface area contributed by atoms with Crippen LogP contribution in [0.1, 0.15) is 30.2 Å². The minimum absolute atomic E-state index is 0. The highest BCUT2D eigenvalue weighted by atomic mass is 35.5. The highest BCUT2D eigenvalue weighted by Crippen LogP contribution is 2.26. The average molecular weight is 317 g/mol. The minimum Gasteiger partial charge on any atom is -0.338 e. The lowest BCUT2D eigenvalue weighted by Crippen LogP contribution is -2.22. The van der Waals surface area contributed by atoms with Crippen LogP contribution in [0.5, 0.6) is 0 Å². The first-order chi connectivity index (χ1) is 9.11. The Morgan fingerprint density at radius 2 is 2.10 bits per heavy atom. The van der Waals surface area contributed by atoms with Gasteiger partial charge in [0.05, 0.1) is 13.1 Å². The number of rotatable bonds is 5. The third-order valence-electron chi connectivity index (χ3n) is 3.09. The van der Waals surface area contributed by atoms with Gasteiger partial charge in [-0.15, -0.1) is 12.4 Å². The molecule has 0 aliphatic carbocycles. The molecule has 5 nitrogen and oxygen atoms in total. The summed E-state index contributed by atoms with van der Waals surface area (Å²) in [5.74, 6) is 1.08. The van der Waals surface area contributed by atoms with Crippen molar-refractivity contribution in [2.24, 2.45) is 5.73 Å². The minimum atomic E-state index is 0. The molecule has 7 heteroatoms. The topological polar surface area (TPSA) is 68.2 Å². The molecule has 0 saturated carbocycles. The van der Waals surface area contributed by atoms with E-state index in [-0.39, 0.29) is 25.0 Å². The summed E-state index contributed by atoms with van der Waals surface area (Å²) >= 11 is 6.20. The molecule has 2 aromatic rings. The van der Waals surface area contributed by atoms with Gasteiger partial charge in [-0.3, -0.25) is 4.90 Å². The predicted octanol–water partition coefficient (Wildman–Crippen LogP) is 2.80. The zero-order chi connectivity index (χ0) is 13.8. The molecule has 0 amide bonds. The van der Waals surface area contributed by atoms with Gasteiger partial charge in [0.2, 0.25) is 5.89 Å². The molecule has 1 aromatic carbocycles. The van der Waals surface area contributed by atoms with E-state index >= 15 is 0 Å². The van der Waals surface area contributed by atoms with E-state index in [1.807, 2.05) is 31.3 Å². The average Bonchev–Trinajstić information content (AvgIpc) is 2.86. The quantitative estimate of drug-likeness (QED) is 0.918. The Balaban J connectivity index is 0.00000200. The largest absolute Gasteiger partial charge is 0.338 e. The van der Waals surface area contributed by atoms with E-state index in [4.69, 9.17) is 21.9 Å². The fourth-order valence-electron chi connectivity index (χ4n) is 1.85. The first-order valence-electron chi connectivity index (χ1n) is 6.08. The zero-order valence-electron chi connectivity index (χ0n) is 11.4. The summed E-state index contributed by atoms with van der Waals surface area (Å²) in [6, 6.07) is 7.97. The maximum absolute atomic E-state index is 6.20. The van der Waals surface area contributed by atoms with Crippen molar-refractivity contribution in [2.75, 3.05) is 7.05 Å². The van der Waals surface area contributed by atoms with Crippen LogP contribution in [-0.4, -0.2) is 22.1 Å². The van der Waals surface area contributed by atoms with Gasteiger partial charge in [0.25, 0.3) is 0 Å². The number of nitrogens with two attached hydrogens (primary N) is 1. The highest BCUT2D eigenvalue weighted by molar-refractivity contribution is 6.31. The van der Waals surface area contributed by atoms with Crippen LogP contribution in [0.15, 0.2) is 28.8 Å². The van der Waals surface area contributed by atoms with Crippen LogP contribution in [0.4, 0.5) is 0 Å². The van der Waals surface area contributed by atoms with Gasteiger partial charge < -0.3 is 10.3 Å². The van der Waals surface area contributed by atoms with Crippen LogP contribution in [-0.2, 0) is 13.1 Å². The molecular weight excluding hydrogens is 299 g/mol. The molecule has 2 N–H and O–H groups in total. The Labute approximate surface area is 129 Å². The molecule has 20 heavy (non-hydrogen) atoms. The van der Waals surface area contributed by atoms with E-state index in [1.165, 1.54) is 0 Å². The van der Waals surface area contributed by atoms with Crippen LogP contribution in [0, 0.1) is 0 Å². The molecule has 0 aliphatic heterocycles. The molecule has 1 heterocycles. The molecular formula is C13H18Cl2N4O. The van der Waals surface area contributed by atoms with Gasteiger partial charge in [0.15, 0.2) is 5.82 Å². The summed E-state index contributed by atoms with van der Waals surface area (Å²) < 4.78 is 4.99. The van der Waals surface area contributed by atoms with Gasteiger partial charge in [-0.1, -0.05) is 35.0 Å². The number of hydrogen-bond donors (Lipinski definition) is 1. The van der Waals surface area contributed by atoms with Crippen LogP contribution in [0.25, 0.3) is 0 Å². The van der Waals surface area contributed by atoms with Crippen LogP contribution >= 0.6 is 24.0 Å². The number of aromatic nitrogens is 2. The Bertz CT molecular complexity index is 547. The van der Waals surface area contributed by atoms with Crippen molar-refractivity contribution in [3.05, 3.63) is 46.6 Å². The Morgan fingerprint density at radius 1 is 1.40 bits per heavy atom. The molecule has 0 fully saturated rings. The molecule has 0 spiro atoms. The smallest absolute Gasteiger partial charge is 0.240 e. The lowest BCUT2D eigenvalue weighted by Gasteiger charge is -2.24. The van der Waals surface area contributed by atoms with Crippen molar-refractivity contribution < 1.29 is 4.52 Å². The van der Waals surface area contributed by atoms with Crippen molar-refractivity contribution in [3.63, 3.8) is 0 Å². The summed E-state index contributed by atoms with van der Waals surface area (Å²) in [6.45, 7) is 2.93. The van der Waals surface area contributed by atoms with Crippen molar-refractivity contribution in [1.82, 2.24) is 15.0 Å². The second-order valence-corrected chi connectivity index (χ2v) is 4.83. The number of nitrogens with zero attached hydrogens (tertiary/aromatic N) is 3. The predicted molar refractivity (Wildman–Crippen MR) is 80.8 cm³/mol. The first kappa shape index (κ1) is 16.9. The highest BCUT2D eigenvalue weighted by Gasteiger charge is 2.16. The van der Waals surface area contributed by atoms with E-state index < -0.39 is 0 Å². The van der Waals surface area contributed by atoms with Crippen LogP contribution in [0.3, 0.4) is 0 Å². The maximum atomic E-state index is 6.20. The summed E-state index contributed by atoms with van der Waals surface area (Å²) in [4.78, 5) is 6.29. The molecule has 0 bridgehead atoms. The van der Waals surface area contributed by atoms with E-state index in [0.29, 0.717) is 18.3 Å². The molecule has 0 saturated heterocycles. The van der Waals surface area contributed by atoms with Gasteiger partial charge >= 0.3 is 0 Å². The second kappa shape index (κ2) is 7.59. The van der Waals surface area contributed by atoms with Gasteiger partial charge in [-0.2, -0.15) is 4.98 Å². The van der Waals surface area contributed by atoms with Crippen LogP contribution < -0.4 is 5.73 Å². The van der Waals surface area contributed by atoms with E-state index in [1.54, 1.807) is 0 Å². The summed E-state index contributed by atoms with van der Waals surface area (Å²) in [6.07, 6.45) is 0. The number of halogens is 2. The van der Waals surface area contributed by atoms with E-state index in [2.05, 4.69) is 22.0 Å². The Hall–Kier alpha value is -1.14. The number of benzene rings is 1. The fraction of sp³-hybridized carbons (Fsp3) is 0.385. The van der Waals surface area contributed by atoms with Crippen molar-refractivity contribution in [1.29, 1.82) is 0 Å². The maximum Gasteiger partial charge on any atom is 0.240 e. The zero-order valence-corrected chi connectivity index (χ0v) is 13.0. The molecule has 1 aromatic heterocycles. The van der Waals surface area contributed by atoms with Gasteiger partial charge in [-0.25, -0.2) is 0 Å². The summed E-state index contributed by atoms with van der Waals surface area (Å²) in [7, 11) is 1.99. The van der Waals surface area contributed by atoms with E-state index in [0.717, 1.165) is 10.6 Å². The first-order valence-corrected chi connectivity index (χ1v) is 6.45. The lowest BCUT2D eigenvalue weighted by molar-refractivity contribution is 0.242. The normalized spacial score (nSPS) is 12.2. The van der Waals surface area contributed by atoms with Gasteiger partial charge in [0.1, 0.15) is 0 Å². The third-order valence-corrected chi connectivity index (χ3v) is 3.44. The van der Waals surface area contributed by atoms with Crippen molar-refractivity contribution in [2.45, 2.75) is 26.1 Å². The molecule has 0 aliphatic rings. The van der Waals surface area contributed by atoms with E-state index in [9.17, 15) is 0 Å². The lowest BCUT2D eigenvalue weighted by atomic mass is 10.1. The van der Waals surface area contributed by atoms with Crippen molar-refractivity contribution in [3.8, 4) is 0 Å².